The molecule has 1 fully saturated rings. The third-order valence-corrected chi connectivity index (χ3v) is 5.44. The minimum Gasteiger partial charge on any atom is -0.393 e. The Morgan fingerprint density at radius 2 is 2.12 bits per heavy atom. The number of carbonyl (C=O) groups is 1. The number of aliphatic hydroxyl groups excluding tert-OH is 1. The maximum atomic E-state index is 12.5. The number of aliphatic hydroxyl groups is 1. The third kappa shape index (κ3) is 2.99. The van der Waals surface area contributed by atoms with Crippen molar-refractivity contribution in [3.05, 3.63) is 48.2 Å². The largest absolute Gasteiger partial charge is 0.393 e. The Labute approximate surface area is 151 Å². The van der Waals surface area contributed by atoms with Crippen molar-refractivity contribution in [2.24, 2.45) is 20.0 Å². The second kappa shape index (κ2) is 6.57. The molecule has 1 aliphatic rings. The van der Waals surface area contributed by atoms with E-state index in [0.29, 0.717) is 18.5 Å². The van der Waals surface area contributed by atoms with Gasteiger partial charge in [-0.25, -0.2) is 0 Å². The highest BCUT2D eigenvalue weighted by atomic mass is 16.3. The van der Waals surface area contributed by atoms with Crippen LogP contribution in [0.1, 0.15) is 34.9 Å². The summed E-state index contributed by atoms with van der Waals surface area (Å²) in [6, 6.07) is 7.72. The minimum atomic E-state index is -0.438. The Kier molecular flexibility index (Phi) is 4.24. The molecule has 3 aromatic rings. The van der Waals surface area contributed by atoms with Crippen LogP contribution in [0.2, 0.25) is 0 Å². The van der Waals surface area contributed by atoms with Gasteiger partial charge in [-0.1, -0.05) is 6.07 Å². The van der Waals surface area contributed by atoms with Gasteiger partial charge in [0.2, 0.25) is 0 Å². The molecule has 0 spiro atoms. The summed E-state index contributed by atoms with van der Waals surface area (Å²) < 4.78 is 3.89. The van der Waals surface area contributed by atoms with Crippen LogP contribution in [-0.2, 0) is 14.1 Å². The first-order chi connectivity index (χ1) is 12.5. The molecule has 0 unspecified atom stereocenters. The van der Waals surface area contributed by atoms with E-state index in [9.17, 15) is 9.90 Å². The number of nitrogens with zero attached hydrogens (tertiary/aromatic N) is 4. The quantitative estimate of drug-likeness (QED) is 0.746. The molecule has 1 aromatic carbocycles. The predicted octanol–water partition coefficient (Wildman–Crippen LogP) is 1.59. The van der Waals surface area contributed by atoms with Crippen LogP contribution in [0.15, 0.2) is 36.8 Å². The van der Waals surface area contributed by atoms with Crippen molar-refractivity contribution >= 4 is 16.8 Å². The van der Waals surface area contributed by atoms with Crippen LogP contribution in [0.3, 0.4) is 0 Å². The number of benzene rings is 1. The van der Waals surface area contributed by atoms with Crippen molar-refractivity contribution in [2.45, 2.75) is 24.9 Å². The molecule has 2 N–H and O–H groups in total. The lowest BCUT2D eigenvalue weighted by Crippen LogP contribution is -2.32. The molecule has 26 heavy (non-hydrogen) atoms. The first-order valence-corrected chi connectivity index (χ1v) is 8.88. The molecule has 0 aliphatic heterocycles. The summed E-state index contributed by atoms with van der Waals surface area (Å²) in [6.07, 6.45) is 4.67. The number of carbonyl (C=O) groups excluding carboxylic acids is 1. The minimum absolute atomic E-state index is 0.0272. The van der Waals surface area contributed by atoms with Gasteiger partial charge in [-0.3, -0.25) is 4.79 Å². The van der Waals surface area contributed by atoms with Crippen LogP contribution in [0.25, 0.3) is 10.9 Å². The molecule has 136 valence electrons. The van der Waals surface area contributed by atoms with Crippen molar-refractivity contribution < 1.29 is 9.90 Å². The van der Waals surface area contributed by atoms with Gasteiger partial charge in [-0.2, -0.15) is 0 Å². The Morgan fingerprint density at radius 3 is 2.88 bits per heavy atom. The maximum absolute atomic E-state index is 12.5. The average molecular weight is 353 g/mol. The highest BCUT2D eigenvalue weighted by molar-refractivity contribution is 5.98. The van der Waals surface area contributed by atoms with Crippen LogP contribution in [-0.4, -0.2) is 43.0 Å². The van der Waals surface area contributed by atoms with E-state index < -0.39 is 6.10 Å². The van der Waals surface area contributed by atoms with E-state index in [-0.39, 0.29) is 17.7 Å². The van der Waals surface area contributed by atoms with Gasteiger partial charge in [-0.05, 0) is 36.4 Å². The first-order valence-electron chi connectivity index (χ1n) is 8.88. The molecule has 2 heterocycles. The second-order valence-electron chi connectivity index (χ2n) is 7.21. The third-order valence-electron chi connectivity index (χ3n) is 5.44. The summed E-state index contributed by atoms with van der Waals surface area (Å²) >= 11 is 0. The van der Waals surface area contributed by atoms with Gasteiger partial charge in [0.25, 0.3) is 5.91 Å². The normalized spacial score (nSPS) is 22.8. The fourth-order valence-electron chi connectivity index (χ4n) is 3.92. The number of fused-ring (bicyclic) bond motifs is 1. The highest BCUT2D eigenvalue weighted by Gasteiger charge is 2.36. The van der Waals surface area contributed by atoms with Crippen LogP contribution < -0.4 is 5.32 Å². The predicted molar refractivity (Wildman–Crippen MR) is 97.7 cm³/mol. The molecule has 0 radical (unpaired) electrons. The standard InChI is InChI=1S/C19H23N5O2/c1-23-6-5-12-3-4-13(8-16(12)23)19(26)20-10-15-7-14(9-17(15)25)18-22-21-11-24(18)2/h3-6,8,11,14-15,17,25H,7,9-10H2,1-2H3,(H,20,26)/t14-,15+,17+/m0/s1. The van der Waals surface area contributed by atoms with Crippen molar-refractivity contribution in [3.63, 3.8) is 0 Å². The van der Waals surface area contributed by atoms with Crippen molar-refractivity contribution in [3.8, 4) is 0 Å². The SMILES string of the molecule is Cn1cnnc1[C@H]1C[C@H](CNC(=O)c2ccc3ccn(C)c3c2)[C@H](O)C1. The molecule has 2 aromatic heterocycles. The molecular weight excluding hydrogens is 330 g/mol. The van der Waals surface area contributed by atoms with Gasteiger partial charge >= 0.3 is 0 Å². The fourth-order valence-corrected chi connectivity index (χ4v) is 3.92. The van der Waals surface area contributed by atoms with Crippen molar-refractivity contribution in [1.29, 1.82) is 0 Å². The molecule has 1 amide bonds. The van der Waals surface area contributed by atoms with E-state index in [2.05, 4.69) is 15.5 Å². The number of aromatic nitrogens is 4. The van der Waals surface area contributed by atoms with Crippen LogP contribution in [0.5, 0.6) is 0 Å². The Balaban J connectivity index is 1.40. The lowest BCUT2D eigenvalue weighted by molar-refractivity contribution is 0.0917. The van der Waals surface area contributed by atoms with E-state index in [0.717, 1.165) is 23.1 Å². The van der Waals surface area contributed by atoms with Gasteiger partial charge in [0, 0.05) is 49.8 Å². The van der Waals surface area contributed by atoms with E-state index in [1.165, 1.54) is 0 Å². The molecule has 7 nitrogen and oxygen atoms in total. The Bertz CT molecular complexity index is 944. The summed E-state index contributed by atoms with van der Waals surface area (Å²) in [4.78, 5) is 12.5. The zero-order valence-corrected chi connectivity index (χ0v) is 15.0. The van der Waals surface area contributed by atoms with E-state index >= 15 is 0 Å². The monoisotopic (exact) mass is 353 g/mol. The Morgan fingerprint density at radius 1 is 1.27 bits per heavy atom. The maximum Gasteiger partial charge on any atom is 0.251 e. The molecule has 4 rings (SSSR count). The summed E-state index contributed by atoms with van der Waals surface area (Å²) in [5, 5.41) is 22.5. The number of amides is 1. The number of nitrogens with one attached hydrogen (secondary N) is 1. The second-order valence-corrected chi connectivity index (χ2v) is 7.21. The van der Waals surface area contributed by atoms with Gasteiger partial charge in [0.05, 0.1) is 6.10 Å². The lowest BCUT2D eigenvalue weighted by atomic mass is 10.0. The summed E-state index contributed by atoms with van der Waals surface area (Å²) in [5.41, 5.74) is 1.66. The summed E-state index contributed by atoms with van der Waals surface area (Å²) in [5.74, 6) is 0.994. The summed E-state index contributed by atoms with van der Waals surface area (Å²) in [7, 11) is 3.88. The van der Waals surface area contributed by atoms with E-state index in [1.807, 2.05) is 53.7 Å². The molecule has 1 saturated carbocycles. The van der Waals surface area contributed by atoms with Gasteiger partial charge in [-0.15, -0.1) is 10.2 Å². The number of hydrogen-bond acceptors (Lipinski definition) is 4. The fraction of sp³-hybridized carbons (Fsp3) is 0.421. The van der Waals surface area contributed by atoms with E-state index in [1.54, 1.807) is 6.33 Å². The van der Waals surface area contributed by atoms with Gasteiger partial charge < -0.3 is 19.6 Å². The smallest absolute Gasteiger partial charge is 0.251 e. The van der Waals surface area contributed by atoms with Crippen LogP contribution in [0.4, 0.5) is 0 Å². The van der Waals surface area contributed by atoms with Gasteiger partial charge in [0.15, 0.2) is 0 Å². The zero-order chi connectivity index (χ0) is 18.3. The number of hydrogen-bond donors (Lipinski definition) is 2. The highest BCUT2D eigenvalue weighted by Crippen LogP contribution is 2.37. The van der Waals surface area contributed by atoms with Crippen molar-refractivity contribution in [1.82, 2.24) is 24.6 Å². The first kappa shape index (κ1) is 16.8. The lowest BCUT2D eigenvalue weighted by Gasteiger charge is -2.15. The summed E-state index contributed by atoms with van der Waals surface area (Å²) in [6.45, 7) is 0.458. The molecule has 3 atom stereocenters. The van der Waals surface area contributed by atoms with Crippen molar-refractivity contribution in [2.75, 3.05) is 6.54 Å². The number of aryl methyl sites for hydroxylation is 2. The molecule has 7 heteroatoms. The zero-order valence-electron chi connectivity index (χ0n) is 15.0. The topological polar surface area (TPSA) is 85.0 Å². The van der Waals surface area contributed by atoms with Crippen LogP contribution >= 0.6 is 0 Å². The molecular formula is C19H23N5O2. The number of rotatable bonds is 4. The Hall–Kier alpha value is -2.67. The van der Waals surface area contributed by atoms with Gasteiger partial charge in [0.1, 0.15) is 12.2 Å². The average Bonchev–Trinajstić information content (AvgIpc) is 3.32. The van der Waals surface area contributed by atoms with E-state index in [4.69, 9.17) is 0 Å². The molecule has 0 saturated heterocycles. The van der Waals surface area contributed by atoms with Crippen LogP contribution in [0, 0.1) is 5.92 Å². The molecule has 0 bridgehead atoms. The molecule has 1 aliphatic carbocycles.